The highest BCUT2D eigenvalue weighted by molar-refractivity contribution is 7.10. The highest BCUT2D eigenvalue weighted by Crippen LogP contribution is 2.37. The Morgan fingerprint density at radius 3 is 2.69 bits per heavy atom. The van der Waals surface area contributed by atoms with Crippen molar-refractivity contribution in [2.24, 2.45) is 0 Å². The number of methoxy groups -OCH3 is 1. The fourth-order valence-corrected chi connectivity index (χ4v) is 4.34. The van der Waals surface area contributed by atoms with Gasteiger partial charge in [-0.2, -0.15) is 0 Å². The van der Waals surface area contributed by atoms with Gasteiger partial charge >= 0.3 is 11.6 Å². The molecule has 0 bridgehead atoms. The third kappa shape index (κ3) is 3.67. The molecule has 160 valence electrons. The van der Waals surface area contributed by atoms with Crippen molar-refractivity contribution in [3.63, 3.8) is 0 Å². The van der Waals surface area contributed by atoms with Gasteiger partial charge in [-0.25, -0.2) is 4.79 Å². The Bertz CT molecular complexity index is 1510. The molecular formula is C25H18O6S. The van der Waals surface area contributed by atoms with E-state index in [1.54, 1.807) is 26.2 Å². The van der Waals surface area contributed by atoms with Crippen LogP contribution in [0.4, 0.5) is 0 Å². The molecule has 0 radical (unpaired) electrons. The molecule has 3 heterocycles. The van der Waals surface area contributed by atoms with E-state index in [2.05, 4.69) is 0 Å². The summed E-state index contributed by atoms with van der Waals surface area (Å²) in [7, 11) is 1.57. The standard InChI is InChI=1S/C25H18O6S/c1-14-9-21-17(12-20(14)29-23(26)11-16-6-4-8-32-16)18(13-24(27)30-21)22-10-15-5-3-7-19(28-2)25(15)31-22/h3-10,12-13H,11H2,1-2H3. The molecule has 0 N–H and O–H groups in total. The first-order chi connectivity index (χ1) is 15.5. The zero-order valence-electron chi connectivity index (χ0n) is 17.3. The maximum Gasteiger partial charge on any atom is 0.336 e. The number of carbonyl (C=O) groups excluding carboxylic acids is 1. The van der Waals surface area contributed by atoms with Gasteiger partial charge in [-0.1, -0.05) is 18.2 Å². The molecule has 7 heteroatoms. The molecule has 0 amide bonds. The SMILES string of the molecule is COc1cccc2cc(-c3cc(=O)oc4cc(C)c(OC(=O)Cc5cccs5)cc34)oc12. The van der Waals surface area contributed by atoms with Gasteiger partial charge in [-0.3, -0.25) is 4.79 Å². The summed E-state index contributed by atoms with van der Waals surface area (Å²) in [5, 5.41) is 3.36. The van der Waals surface area contributed by atoms with Crippen molar-refractivity contribution in [1.82, 2.24) is 0 Å². The van der Waals surface area contributed by atoms with Crippen LogP contribution in [0.15, 0.2) is 73.6 Å². The Balaban J connectivity index is 1.61. The van der Waals surface area contributed by atoms with Crippen molar-refractivity contribution in [1.29, 1.82) is 0 Å². The molecule has 5 rings (SSSR count). The van der Waals surface area contributed by atoms with E-state index >= 15 is 0 Å². The number of ether oxygens (including phenoxy) is 2. The zero-order chi connectivity index (χ0) is 22.2. The molecule has 0 spiro atoms. The molecule has 0 saturated carbocycles. The number of furan rings is 1. The number of esters is 1. The number of rotatable bonds is 5. The molecule has 3 aromatic heterocycles. The van der Waals surface area contributed by atoms with Gasteiger partial charge < -0.3 is 18.3 Å². The van der Waals surface area contributed by atoms with Gasteiger partial charge in [0.05, 0.1) is 13.5 Å². The van der Waals surface area contributed by atoms with Crippen LogP contribution in [0.2, 0.25) is 0 Å². The Morgan fingerprint density at radius 1 is 1.03 bits per heavy atom. The van der Waals surface area contributed by atoms with Crippen LogP contribution in [0.5, 0.6) is 11.5 Å². The van der Waals surface area contributed by atoms with Crippen LogP contribution < -0.4 is 15.1 Å². The fourth-order valence-electron chi connectivity index (χ4n) is 3.65. The molecule has 0 fully saturated rings. The average Bonchev–Trinajstić information content (AvgIpc) is 3.43. The molecule has 0 atom stereocenters. The second-order valence-corrected chi connectivity index (χ2v) is 8.34. The van der Waals surface area contributed by atoms with Gasteiger partial charge in [-0.15, -0.1) is 11.3 Å². The highest BCUT2D eigenvalue weighted by atomic mass is 32.1. The van der Waals surface area contributed by atoms with Crippen LogP contribution in [-0.2, 0) is 11.2 Å². The Morgan fingerprint density at radius 2 is 1.91 bits per heavy atom. The summed E-state index contributed by atoms with van der Waals surface area (Å²) in [6, 6.07) is 16.0. The number of fused-ring (bicyclic) bond motifs is 2. The molecule has 5 aromatic rings. The predicted octanol–water partition coefficient (Wildman–Crippen LogP) is 5.73. The normalized spacial score (nSPS) is 11.2. The Labute approximate surface area is 186 Å². The van der Waals surface area contributed by atoms with Gasteiger partial charge in [-0.05, 0) is 48.2 Å². The Hall–Kier alpha value is -3.84. The first kappa shape index (κ1) is 20.1. The second-order valence-electron chi connectivity index (χ2n) is 7.31. The van der Waals surface area contributed by atoms with Crippen molar-refractivity contribution in [2.75, 3.05) is 7.11 Å². The molecule has 0 unspecified atom stereocenters. The molecule has 0 aliphatic heterocycles. The van der Waals surface area contributed by atoms with Crippen molar-refractivity contribution in [2.45, 2.75) is 13.3 Å². The predicted molar refractivity (Wildman–Crippen MR) is 123 cm³/mol. The van der Waals surface area contributed by atoms with E-state index in [4.69, 9.17) is 18.3 Å². The van der Waals surface area contributed by atoms with Gasteiger partial charge in [0, 0.05) is 27.3 Å². The summed E-state index contributed by atoms with van der Waals surface area (Å²) in [5.41, 5.74) is 1.70. The number of aryl methyl sites for hydroxylation is 1. The zero-order valence-corrected chi connectivity index (χ0v) is 18.2. The minimum Gasteiger partial charge on any atom is -0.493 e. The lowest BCUT2D eigenvalue weighted by molar-refractivity contribution is -0.133. The molecule has 0 saturated heterocycles. The second kappa shape index (κ2) is 8.01. The minimum atomic E-state index is -0.498. The number of thiophene rings is 1. The fraction of sp³-hybridized carbons (Fsp3) is 0.120. The van der Waals surface area contributed by atoms with Crippen LogP contribution in [0.25, 0.3) is 33.3 Å². The van der Waals surface area contributed by atoms with E-state index in [0.29, 0.717) is 44.9 Å². The molecular weight excluding hydrogens is 428 g/mol. The molecule has 2 aromatic carbocycles. The highest BCUT2D eigenvalue weighted by Gasteiger charge is 2.18. The molecule has 0 aliphatic carbocycles. The van der Waals surface area contributed by atoms with Gasteiger partial charge in [0.25, 0.3) is 0 Å². The molecule has 32 heavy (non-hydrogen) atoms. The average molecular weight is 446 g/mol. The van der Waals surface area contributed by atoms with E-state index in [1.165, 1.54) is 17.4 Å². The third-order valence-electron chi connectivity index (χ3n) is 5.16. The van der Waals surface area contributed by atoms with Gasteiger partial charge in [0.15, 0.2) is 11.3 Å². The summed E-state index contributed by atoms with van der Waals surface area (Å²) >= 11 is 1.50. The van der Waals surface area contributed by atoms with Crippen molar-refractivity contribution in [3.8, 4) is 22.8 Å². The van der Waals surface area contributed by atoms with E-state index in [9.17, 15) is 9.59 Å². The Kier molecular flexibility index (Phi) is 5.03. The summed E-state index contributed by atoms with van der Waals surface area (Å²) in [6.07, 6.45) is 0.190. The molecule has 0 aliphatic rings. The summed E-state index contributed by atoms with van der Waals surface area (Å²) in [5.74, 6) is 1.13. The maximum atomic E-state index is 12.4. The topological polar surface area (TPSA) is 78.9 Å². The van der Waals surface area contributed by atoms with Crippen LogP contribution in [0.3, 0.4) is 0 Å². The van der Waals surface area contributed by atoms with E-state index < -0.39 is 5.63 Å². The van der Waals surface area contributed by atoms with Crippen LogP contribution >= 0.6 is 11.3 Å². The summed E-state index contributed by atoms with van der Waals surface area (Å²) < 4.78 is 22.5. The smallest absolute Gasteiger partial charge is 0.336 e. The van der Waals surface area contributed by atoms with Crippen LogP contribution in [0.1, 0.15) is 10.4 Å². The maximum absolute atomic E-state index is 12.4. The lowest BCUT2D eigenvalue weighted by atomic mass is 10.0. The summed E-state index contributed by atoms with van der Waals surface area (Å²) in [4.78, 5) is 25.6. The number of hydrogen-bond acceptors (Lipinski definition) is 7. The van der Waals surface area contributed by atoms with Crippen molar-refractivity contribution < 1.29 is 23.1 Å². The van der Waals surface area contributed by atoms with E-state index in [-0.39, 0.29) is 12.4 Å². The number of hydrogen-bond donors (Lipinski definition) is 0. The lowest BCUT2D eigenvalue weighted by Gasteiger charge is -2.10. The quantitative estimate of drug-likeness (QED) is 0.195. The van der Waals surface area contributed by atoms with Crippen LogP contribution in [-0.4, -0.2) is 13.1 Å². The monoisotopic (exact) mass is 446 g/mol. The van der Waals surface area contributed by atoms with Crippen molar-refractivity contribution in [3.05, 3.63) is 80.8 Å². The first-order valence-electron chi connectivity index (χ1n) is 9.90. The van der Waals surface area contributed by atoms with E-state index in [0.717, 1.165) is 10.3 Å². The van der Waals surface area contributed by atoms with Crippen LogP contribution in [0, 0.1) is 6.92 Å². The minimum absolute atomic E-state index is 0.190. The number of carbonyl (C=O) groups is 1. The molecule has 6 nitrogen and oxygen atoms in total. The van der Waals surface area contributed by atoms with Crippen molar-refractivity contribution >= 4 is 39.2 Å². The summed E-state index contributed by atoms with van der Waals surface area (Å²) in [6.45, 7) is 1.80. The lowest BCUT2D eigenvalue weighted by Crippen LogP contribution is -2.11. The van der Waals surface area contributed by atoms with E-state index in [1.807, 2.05) is 41.8 Å². The first-order valence-corrected chi connectivity index (χ1v) is 10.8. The largest absolute Gasteiger partial charge is 0.493 e. The van der Waals surface area contributed by atoms with Gasteiger partial charge in [0.1, 0.15) is 17.1 Å². The number of benzene rings is 2. The number of para-hydroxylation sites is 1. The van der Waals surface area contributed by atoms with Gasteiger partial charge in [0.2, 0.25) is 0 Å². The third-order valence-corrected chi connectivity index (χ3v) is 6.03.